The minimum atomic E-state index is -5.15. The molecule has 0 fully saturated rings. The number of pyridine rings is 1. The first kappa shape index (κ1) is 13.2. The third kappa shape index (κ3) is 3.03. The van der Waals surface area contributed by atoms with Gasteiger partial charge in [-0.25, -0.2) is 9.78 Å². The van der Waals surface area contributed by atoms with Crippen molar-refractivity contribution >= 4 is 5.97 Å². The highest BCUT2D eigenvalue weighted by Crippen LogP contribution is 2.30. The van der Waals surface area contributed by atoms with Crippen LogP contribution in [0.5, 0.6) is 5.75 Å². The van der Waals surface area contributed by atoms with Crippen LogP contribution in [0.15, 0.2) is 6.20 Å². The fourth-order valence-electron chi connectivity index (χ4n) is 1.08. The topological polar surface area (TPSA) is 85.4 Å². The molecule has 0 aromatic carbocycles. The van der Waals surface area contributed by atoms with Crippen molar-refractivity contribution in [2.75, 3.05) is 0 Å². The first-order valence-electron chi connectivity index (χ1n) is 4.12. The number of halogens is 4. The number of alkyl halides is 3. The molecule has 1 heterocycles. The van der Waals surface area contributed by atoms with Gasteiger partial charge in [0.15, 0.2) is 11.3 Å². The number of nitrogens with two attached hydrogens (primary N) is 1. The molecule has 94 valence electrons. The molecule has 5 nitrogen and oxygen atoms in total. The van der Waals surface area contributed by atoms with E-state index in [1.54, 1.807) is 0 Å². The van der Waals surface area contributed by atoms with Crippen LogP contribution in [0.2, 0.25) is 0 Å². The molecule has 0 aliphatic heterocycles. The highest BCUT2D eigenvalue weighted by molar-refractivity contribution is 5.91. The van der Waals surface area contributed by atoms with Crippen LogP contribution in [-0.2, 0) is 6.54 Å². The summed E-state index contributed by atoms with van der Waals surface area (Å²) in [5.74, 6) is -4.68. The number of hydrogen-bond acceptors (Lipinski definition) is 4. The molecule has 0 aliphatic rings. The summed E-state index contributed by atoms with van der Waals surface area (Å²) in [6.45, 7) is -0.473. The lowest BCUT2D eigenvalue weighted by Crippen LogP contribution is -2.22. The highest BCUT2D eigenvalue weighted by atomic mass is 19.4. The quantitative estimate of drug-likeness (QED) is 0.626. The third-order valence-corrected chi connectivity index (χ3v) is 1.71. The largest absolute Gasteiger partial charge is 0.573 e. The van der Waals surface area contributed by atoms with Crippen LogP contribution in [0.3, 0.4) is 0 Å². The number of carboxylic acid groups (broad SMARTS) is 1. The number of rotatable bonds is 3. The number of ether oxygens (including phenoxy) is 1. The Morgan fingerprint density at radius 1 is 1.53 bits per heavy atom. The zero-order chi connectivity index (χ0) is 13.2. The molecule has 1 rings (SSSR count). The van der Waals surface area contributed by atoms with Gasteiger partial charge in [0.2, 0.25) is 5.95 Å². The van der Waals surface area contributed by atoms with E-state index in [1.807, 2.05) is 0 Å². The number of carboxylic acids is 1. The van der Waals surface area contributed by atoms with Crippen molar-refractivity contribution in [1.29, 1.82) is 0 Å². The summed E-state index contributed by atoms with van der Waals surface area (Å²) in [7, 11) is 0. The van der Waals surface area contributed by atoms with Crippen LogP contribution in [-0.4, -0.2) is 22.4 Å². The van der Waals surface area contributed by atoms with E-state index in [1.165, 1.54) is 0 Å². The maximum Gasteiger partial charge on any atom is 0.573 e. The number of carbonyl (C=O) groups is 1. The summed E-state index contributed by atoms with van der Waals surface area (Å²) in [4.78, 5) is 13.6. The van der Waals surface area contributed by atoms with E-state index in [-0.39, 0.29) is 5.56 Å². The van der Waals surface area contributed by atoms with Gasteiger partial charge in [0.1, 0.15) is 0 Å². The lowest BCUT2D eigenvalue weighted by Gasteiger charge is -2.14. The Bertz CT molecular complexity index is 447. The molecule has 0 atom stereocenters. The van der Waals surface area contributed by atoms with Crippen LogP contribution in [0, 0.1) is 5.95 Å². The number of aromatic nitrogens is 1. The summed E-state index contributed by atoms with van der Waals surface area (Å²) in [6, 6.07) is 0. The molecule has 0 unspecified atom stereocenters. The molecule has 0 bridgehead atoms. The van der Waals surface area contributed by atoms with Crippen LogP contribution >= 0.6 is 0 Å². The van der Waals surface area contributed by atoms with Crippen molar-refractivity contribution in [3.63, 3.8) is 0 Å². The molecule has 17 heavy (non-hydrogen) atoms. The van der Waals surface area contributed by atoms with E-state index in [9.17, 15) is 22.4 Å². The van der Waals surface area contributed by atoms with Crippen LogP contribution in [0.25, 0.3) is 0 Å². The van der Waals surface area contributed by atoms with Crippen molar-refractivity contribution in [3.8, 4) is 5.75 Å². The molecule has 3 N–H and O–H groups in total. The predicted molar refractivity (Wildman–Crippen MR) is 45.7 cm³/mol. The molecule has 0 saturated heterocycles. The number of aromatic carboxylic acids is 1. The van der Waals surface area contributed by atoms with E-state index in [2.05, 4.69) is 9.72 Å². The van der Waals surface area contributed by atoms with Gasteiger partial charge in [-0.2, -0.15) is 4.39 Å². The number of nitrogens with zero attached hydrogens (tertiary/aromatic N) is 1. The molecule has 0 spiro atoms. The molecule has 1 aromatic heterocycles. The van der Waals surface area contributed by atoms with Crippen molar-refractivity contribution in [2.45, 2.75) is 12.9 Å². The average molecular weight is 254 g/mol. The van der Waals surface area contributed by atoms with Gasteiger partial charge in [-0.15, -0.1) is 13.2 Å². The van der Waals surface area contributed by atoms with E-state index in [0.29, 0.717) is 6.20 Å². The zero-order valence-corrected chi connectivity index (χ0v) is 8.08. The number of hydrogen-bond donors (Lipinski definition) is 2. The second-order valence-corrected chi connectivity index (χ2v) is 2.84. The maximum atomic E-state index is 13.0. The van der Waals surface area contributed by atoms with E-state index in [0.717, 1.165) is 0 Å². The minimum absolute atomic E-state index is 0.360. The molecular weight excluding hydrogens is 248 g/mol. The summed E-state index contributed by atoms with van der Waals surface area (Å²) in [5, 5.41) is 8.60. The van der Waals surface area contributed by atoms with Gasteiger partial charge in [0.25, 0.3) is 0 Å². The van der Waals surface area contributed by atoms with Gasteiger partial charge >= 0.3 is 12.3 Å². The smallest absolute Gasteiger partial charge is 0.477 e. The van der Waals surface area contributed by atoms with Gasteiger partial charge < -0.3 is 15.6 Å². The monoisotopic (exact) mass is 254 g/mol. The van der Waals surface area contributed by atoms with Crippen molar-refractivity contribution in [1.82, 2.24) is 4.98 Å². The van der Waals surface area contributed by atoms with Crippen molar-refractivity contribution in [2.24, 2.45) is 5.73 Å². The Morgan fingerprint density at radius 2 is 2.12 bits per heavy atom. The maximum absolute atomic E-state index is 13.0. The van der Waals surface area contributed by atoms with Crippen LogP contribution in [0.4, 0.5) is 17.6 Å². The fourth-order valence-corrected chi connectivity index (χ4v) is 1.08. The molecular formula is C8H6F4N2O3. The SMILES string of the molecule is NCc1cnc(F)c(C(=O)O)c1OC(F)(F)F. The summed E-state index contributed by atoms with van der Waals surface area (Å²) in [6.07, 6.45) is -4.47. The molecule has 0 aliphatic carbocycles. The second-order valence-electron chi connectivity index (χ2n) is 2.84. The van der Waals surface area contributed by atoms with Gasteiger partial charge in [0, 0.05) is 18.3 Å². The van der Waals surface area contributed by atoms with Crippen molar-refractivity contribution in [3.05, 3.63) is 23.3 Å². The Morgan fingerprint density at radius 3 is 2.53 bits per heavy atom. The van der Waals surface area contributed by atoms with Gasteiger partial charge in [-0.3, -0.25) is 0 Å². The Labute approximate surface area is 91.8 Å². The van der Waals surface area contributed by atoms with Gasteiger partial charge in [-0.1, -0.05) is 0 Å². The predicted octanol–water partition coefficient (Wildman–Crippen LogP) is 1.28. The van der Waals surface area contributed by atoms with Crippen LogP contribution < -0.4 is 10.5 Å². The van der Waals surface area contributed by atoms with E-state index < -0.39 is 36.1 Å². The van der Waals surface area contributed by atoms with Crippen molar-refractivity contribution < 1.29 is 32.2 Å². The first-order valence-corrected chi connectivity index (χ1v) is 4.12. The average Bonchev–Trinajstić information content (AvgIpc) is 2.15. The molecule has 9 heteroatoms. The zero-order valence-electron chi connectivity index (χ0n) is 8.08. The van der Waals surface area contributed by atoms with E-state index in [4.69, 9.17) is 10.8 Å². The Hall–Kier alpha value is -1.90. The lowest BCUT2D eigenvalue weighted by molar-refractivity contribution is -0.275. The first-order chi connectivity index (χ1) is 7.76. The minimum Gasteiger partial charge on any atom is -0.477 e. The normalized spacial score (nSPS) is 11.4. The molecule has 0 radical (unpaired) electrons. The molecule has 0 saturated carbocycles. The fraction of sp³-hybridized carbons (Fsp3) is 0.250. The second kappa shape index (κ2) is 4.53. The summed E-state index contributed by atoms with van der Waals surface area (Å²) < 4.78 is 52.6. The standard InChI is InChI=1S/C8H6F4N2O3/c9-6-4(7(15)16)5(17-8(10,11)12)3(1-13)2-14-6/h2H,1,13H2,(H,15,16). The summed E-state index contributed by atoms with van der Waals surface area (Å²) in [5.41, 5.74) is 3.43. The Balaban J connectivity index is 3.40. The highest BCUT2D eigenvalue weighted by Gasteiger charge is 2.35. The third-order valence-electron chi connectivity index (χ3n) is 1.71. The molecule has 1 aromatic rings. The summed E-state index contributed by atoms with van der Waals surface area (Å²) >= 11 is 0. The van der Waals surface area contributed by atoms with Crippen LogP contribution in [0.1, 0.15) is 15.9 Å². The Kier molecular flexibility index (Phi) is 3.51. The van der Waals surface area contributed by atoms with Gasteiger partial charge in [0.05, 0.1) is 0 Å². The van der Waals surface area contributed by atoms with Gasteiger partial charge in [-0.05, 0) is 0 Å². The lowest BCUT2D eigenvalue weighted by atomic mass is 10.1. The molecule has 0 amide bonds. The van der Waals surface area contributed by atoms with E-state index >= 15 is 0 Å².